The topological polar surface area (TPSA) is 115 Å². The summed E-state index contributed by atoms with van der Waals surface area (Å²) in [5.74, 6) is 0.0539. The summed E-state index contributed by atoms with van der Waals surface area (Å²) >= 11 is 0. The molecule has 0 spiro atoms. The van der Waals surface area contributed by atoms with Gasteiger partial charge in [-0.25, -0.2) is 14.5 Å². The predicted molar refractivity (Wildman–Crippen MR) is 69.1 cm³/mol. The zero-order valence-corrected chi connectivity index (χ0v) is 11.3. The fourth-order valence-corrected chi connectivity index (χ4v) is 1.96. The standard InChI is InChI=1S/C10H16N6O4/c1-7-8(16(18)19)9(14(2)12-7)11-10(17)13-15-3-5-20-6-4-15/h3-6H2,1-2H3,(H2,11,13,17). The van der Waals surface area contributed by atoms with Gasteiger partial charge in [0.1, 0.15) is 5.69 Å². The number of nitrogens with zero attached hydrogens (tertiary/aromatic N) is 4. The van der Waals surface area contributed by atoms with Crippen LogP contribution in [0, 0.1) is 17.0 Å². The molecular formula is C10H16N6O4. The Morgan fingerprint density at radius 3 is 2.70 bits per heavy atom. The number of aryl methyl sites for hydroxylation is 2. The number of ether oxygens (including phenoxy) is 1. The molecule has 2 rings (SSSR count). The van der Waals surface area contributed by atoms with Gasteiger partial charge in [-0.2, -0.15) is 5.10 Å². The predicted octanol–water partition coefficient (Wildman–Crippen LogP) is 0.00542. The van der Waals surface area contributed by atoms with E-state index in [9.17, 15) is 14.9 Å². The van der Waals surface area contributed by atoms with E-state index < -0.39 is 11.0 Å². The molecule has 10 nitrogen and oxygen atoms in total. The molecule has 0 bridgehead atoms. The zero-order chi connectivity index (χ0) is 14.7. The molecule has 1 aromatic heterocycles. The number of hydrogen-bond donors (Lipinski definition) is 2. The number of morpholine rings is 1. The van der Waals surface area contributed by atoms with Crippen molar-refractivity contribution in [2.75, 3.05) is 31.6 Å². The Labute approximate surface area is 114 Å². The van der Waals surface area contributed by atoms with Crippen LogP contribution in [0.1, 0.15) is 5.69 Å². The number of nitro groups is 1. The van der Waals surface area contributed by atoms with E-state index in [0.717, 1.165) is 0 Å². The number of hydrazine groups is 1. The van der Waals surface area contributed by atoms with Gasteiger partial charge in [-0.3, -0.25) is 20.9 Å². The van der Waals surface area contributed by atoms with Gasteiger partial charge in [-0.1, -0.05) is 0 Å². The van der Waals surface area contributed by atoms with E-state index in [1.165, 1.54) is 18.7 Å². The molecule has 10 heteroatoms. The van der Waals surface area contributed by atoms with E-state index in [-0.39, 0.29) is 17.2 Å². The van der Waals surface area contributed by atoms with Crippen LogP contribution in [0.4, 0.5) is 16.3 Å². The van der Waals surface area contributed by atoms with Crippen molar-refractivity contribution < 1.29 is 14.5 Å². The highest BCUT2D eigenvalue weighted by Gasteiger charge is 2.26. The average Bonchev–Trinajstić information content (AvgIpc) is 2.65. The number of urea groups is 1. The Kier molecular flexibility index (Phi) is 4.15. The molecule has 0 atom stereocenters. The number of hydrogen-bond acceptors (Lipinski definition) is 6. The van der Waals surface area contributed by atoms with Gasteiger partial charge < -0.3 is 4.74 Å². The first-order chi connectivity index (χ1) is 9.49. The Bertz CT molecular complexity index is 522. The second kappa shape index (κ2) is 5.84. The molecule has 110 valence electrons. The van der Waals surface area contributed by atoms with Crippen LogP contribution in [0.25, 0.3) is 0 Å². The molecule has 2 N–H and O–H groups in total. The number of aromatic nitrogens is 2. The normalized spacial score (nSPS) is 15.9. The maximum atomic E-state index is 11.8. The van der Waals surface area contributed by atoms with E-state index in [2.05, 4.69) is 15.8 Å². The summed E-state index contributed by atoms with van der Waals surface area (Å²) in [4.78, 5) is 22.3. The summed E-state index contributed by atoms with van der Waals surface area (Å²) in [5, 5.41) is 19.1. The maximum Gasteiger partial charge on any atom is 0.335 e. The highest BCUT2D eigenvalue weighted by atomic mass is 16.6. The second-order valence-corrected chi connectivity index (χ2v) is 4.33. The molecule has 2 amide bonds. The molecule has 1 fully saturated rings. The lowest BCUT2D eigenvalue weighted by Gasteiger charge is -2.26. The largest absolute Gasteiger partial charge is 0.379 e. The minimum atomic E-state index is -0.563. The first-order valence-electron chi connectivity index (χ1n) is 6.07. The molecule has 0 aromatic carbocycles. The van der Waals surface area contributed by atoms with Gasteiger partial charge in [0.05, 0.1) is 18.1 Å². The third-order valence-electron chi connectivity index (χ3n) is 2.88. The number of anilines is 1. The van der Waals surface area contributed by atoms with Crippen molar-refractivity contribution in [3.8, 4) is 0 Å². The summed E-state index contributed by atoms with van der Waals surface area (Å²) in [6, 6.07) is -0.544. The molecule has 0 aliphatic carbocycles. The molecule has 0 radical (unpaired) electrons. The Morgan fingerprint density at radius 2 is 2.10 bits per heavy atom. The smallest absolute Gasteiger partial charge is 0.335 e. The van der Waals surface area contributed by atoms with Gasteiger partial charge >= 0.3 is 11.7 Å². The fraction of sp³-hybridized carbons (Fsp3) is 0.600. The van der Waals surface area contributed by atoms with Crippen LogP contribution >= 0.6 is 0 Å². The quantitative estimate of drug-likeness (QED) is 0.596. The van der Waals surface area contributed by atoms with Crippen LogP contribution in [0.5, 0.6) is 0 Å². The number of nitrogens with one attached hydrogen (secondary N) is 2. The highest BCUT2D eigenvalue weighted by molar-refractivity contribution is 5.90. The van der Waals surface area contributed by atoms with Gasteiger partial charge in [0, 0.05) is 20.1 Å². The molecule has 1 saturated heterocycles. The van der Waals surface area contributed by atoms with Gasteiger partial charge in [0.2, 0.25) is 5.82 Å². The first kappa shape index (κ1) is 14.2. The Balaban J connectivity index is 2.05. The van der Waals surface area contributed by atoms with Crippen molar-refractivity contribution in [1.29, 1.82) is 0 Å². The van der Waals surface area contributed by atoms with Gasteiger partial charge in [0.15, 0.2) is 0 Å². The average molecular weight is 284 g/mol. The number of carbonyl (C=O) groups excluding carboxylic acids is 1. The van der Waals surface area contributed by atoms with E-state index >= 15 is 0 Å². The Hall–Kier alpha value is -2.20. The first-order valence-corrected chi connectivity index (χ1v) is 6.07. The van der Waals surface area contributed by atoms with E-state index in [4.69, 9.17) is 4.74 Å². The van der Waals surface area contributed by atoms with E-state index in [1.54, 1.807) is 5.01 Å². The molecule has 20 heavy (non-hydrogen) atoms. The van der Waals surface area contributed by atoms with Crippen LogP contribution in [0.2, 0.25) is 0 Å². The van der Waals surface area contributed by atoms with Gasteiger partial charge in [-0.15, -0.1) is 0 Å². The number of rotatable bonds is 3. The monoisotopic (exact) mass is 284 g/mol. The molecule has 1 aromatic rings. The summed E-state index contributed by atoms with van der Waals surface area (Å²) in [7, 11) is 1.53. The summed E-state index contributed by atoms with van der Waals surface area (Å²) in [5.41, 5.74) is 2.65. The van der Waals surface area contributed by atoms with Crippen LogP contribution < -0.4 is 10.7 Å². The van der Waals surface area contributed by atoms with Crippen molar-refractivity contribution in [1.82, 2.24) is 20.2 Å². The van der Waals surface area contributed by atoms with Crippen molar-refractivity contribution in [2.24, 2.45) is 7.05 Å². The summed E-state index contributed by atoms with van der Waals surface area (Å²) < 4.78 is 6.43. The Morgan fingerprint density at radius 1 is 1.45 bits per heavy atom. The molecule has 0 saturated carbocycles. The zero-order valence-electron chi connectivity index (χ0n) is 11.3. The lowest BCUT2D eigenvalue weighted by Crippen LogP contribution is -2.49. The van der Waals surface area contributed by atoms with Crippen LogP contribution in [0.3, 0.4) is 0 Å². The summed E-state index contributed by atoms with van der Waals surface area (Å²) in [6.45, 7) is 3.72. The third-order valence-corrected chi connectivity index (χ3v) is 2.88. The van der Waals surface area contributed by atoms with Gasteiger partial charge in [-0.05, 0) is 6.92 Å². The lowest BCUT2D eigenvalue weighted by molar-refractivity contribution is -0.384. The van der Waals surface area contributed by atoms with E-state index in [1.807, 2.05) is 0 Å². The molecule has 2 heterocycles. The van der Waals surface area contributed by atoms with Crippen LogP contribution in [0.15, 0.2) is 0 Å². The number of amides is 2. The number of carbonyl (C=O) groups is 1. The molecular weight excluding hydrogens is 268 g/mol. The molecule has 0 unspecified atom stereocenters. The third kappa shape index (κ3) is 3.03. The minimum absolute atomic E-state index is 0.0539. The van der Waals surface area contributed by atoms with Gasteiger partial charge in [0.25, 0.3) is 0 Å². The molecule has 1 aliphatic rings. The van der Waals surface area contributed by atoms with Crippen molar-refractivity contribution in [3.05, 3.63) is 15.8 Å². The van der Waals surface area contributed by atoms with Crippen LogP contribution in [-0.2, 0) is 11.8 Å². The maximum absolute atomic E-state index is 11.8. The SMILES string of the molecule is Cc1nn(C)c(NC(=O)NN2CCOCC2)c1[N+](=O)[O-]. The van der Waals surface area contributed by atoms with Crippen LogP contribution in [-0.4, -0.2) is 52.0 Å². The summed E-state index contributed by atoms with van der Waals surface area (Å²) in [6.07, 6.45) is 0. The lowest BCUT2D eigenvalue weighted by atomic mass is 10.4. The fourth-order valence-electron chi connectivity index (χ4n) is 1.96. The molecule has 1 aliphatic heterocycles. The highest BCUT2D eigenvalue weighted by Crippen LogP contribution is 2.26. The van der Waals surface area contributed by atoms with E-state index in [0.29, 0.717) is 26.3 Å². The van der Waals surface area contributed by atoms with Crippen molar-refractivity contribution in [3.63, 3.8) is 0 Å². The van der Waals surface area contributed by atoms with Crippen molar-refractivity contribution in [2.45, 2.75) is 6.92 Å². The minimum Gasteiger partial charge on any atom is -0.379 e. The van der Waals surface area contributed by atoms with Crippen molar-refractivity contribution >= 4 is 17.5 Å². The second-order valence-electron chi connectivity index (χ2n) is 4.33.